The van der Waals surface area contributed by atoms with Gasteiger partial charge in [-0.05, 0) is 33.6 Å². The van der Waals surface area contributed by atoms with E-state index >= 15 is 0 Å². The van der Waals surface area contributed by atoms with Crippen molar-refractivity contribution >= 4 is 12.0 Å². The number of allylic oxidation sites excluding steroid dienone is 3. The van der Waals surface area contributed by atoms with E-state index < -0.39 is 0 Å². The maximum absolute atomic E-state index is 11.0. The molecule has 0 radical (unpaired) electrons. The minimum absolute atomic E-state index is 0.0622. The minimum Gasteiger partial charge on any atom is -0.294 e. The summed E-state index contributed by atoms with van der Waals surface area (Å²) in [5, 5.41) is 0. The average molecular weight is 193 g/mol. The summed E-state index contributed by atoms with van der Waals surface area (Å²) in [6.45, 7) is 9.09. The molecule has 0 heterocycles. The van der Waals surface area contributed by atoms with Crippen LogP contribution >= 0.6 is 0 Å². The van der Waals surface area contributed by atoms with Gasteiger partial charge in [-0.3, -0.25) is 9.79 Å². The smallest absolute Gasteiger partial charge is 0.160 e. The molecule has 0 aliphatic heterocycles. The number of nitrogens with zero attached hydrogens (tertiary/aromatic N) is 1. The van der Waals surface area contributed by atoms with Gasteiger partial charge in [-0.25, -0.2) is 0 Å². The second kappa shape index (κ2) is 7.25. The first-order valence-corrected chi connectivity index (χ1v) is 4.93. The summed E-state index contributed by atoms with van der Waals surface area (Å²) in [4.78, 5) is 15.3. The van der Waals surface area contributed by atoms with Crippen LogP contribution in [0.5, 0.6) is 0 Å². The van der Waals surface area contributed by atoms with Crippen molar-refractivity contribution in [2.45, 2.75) is 39.7 Å². The second-order valence-corrected chi connectivity index (χ2v) is 3.29. The van der Waals surface area contributed by atoms with Crippen molar-refractivity contribution in [3.8, 4) is 0 Å². The topological polar surface area (TPSA) is 29.4 Å². The van der Waals surface area contributed by atoms with E-state index in [1.54, 1.807) is 19.2 Å². The Labute approximate surface area is 86.4 Å². The summed E-state index contributed by atoms with van der Waals surface area (Å²) >= 11 is 0. The second-order valence-electron chi connectivity index (χ2n) is 3.29. The van der Waals surface area contributed by atoms with Gasteiger partial charge in [0.25, 0.3) is 0 Å². The lowest BCUT2D eigenvalue weighted by molar-refractivity contribution is -0.113. The molecule has 0 fully saturated rings. The molecule has 0 aliphatic rings. The van der Waals surface area contributed by atoms with Crippen LogP contribution in [0.2, 0.25) is 0 Å². The van der Waals surface area contributed by atoms with Crippen molar-refractivity contribution in [3.63, 3.8) is 0 Å². The maximum atomic E-state index is 11.0. The fourth-order valence-electron chi connectivity index (χ4n) is 1.01. The molecule has 0 amide bonds. The normalized spacial score (nSPS) is 14.4. The molecule has 0 aliphatic carbocycles. The lowest BCUT2D eigenvalue weighted by atomic mass is 10.1. The van der Waals surface area contributed by atoms with Crippen LogP contribution in [-0.2, 0) is 4.79 Å². The van der Waals surface area contributed by atoms with Crippen LogP contribution in [0, 0.1) is 0 Å². The van der Waals surface area contributed by atoms with Crippen molar-refractivity contribution in [1.82, 2.24) is 0 Å². The molecule has 0 aromatic heterocycles. The monoisotopic (exact) mass is 193 g/mol. The Bertz CT molecular complexity index is 251. The fourth-order valence-corrected chi connectivity index (χ4v) is 1.01. The summed E-state index contributed by atoms with van der Waals surface area (Å²) < 4.78 is 0. The summed E-state index contributed by atoms with van der Waals surface area (Å²) in [6.07, 6.45) is 7.27. The molecule has 2 nitrogen and oxygen atoms in total. The molecule has 0 rings (SSSR count). The molecule has 0 aromatic rings. The number of carbonyl (C=O) groups excluding carboxylic acids is 1. The number of hydrogen-bond acceptors (Lipinski definition) is 2. The summed E-state index contributed by atoms with van der Waals surface area (Å²) in [6, 6.07) is 0.252. The van der Waals surface area contributed by atoms with Gasteiger partial charge in [0.15, 0.2) is 5.78 Å². The van der Waals surface area contributed by atoms with Gasteiger partial charge in [0.2, 0.25) is 0 Å². The van der Waals surface area contributed by atoms with E-state index in [2.05, 4.69) is 11.6 Å². The molecule has 0 saturated heterocycles. The van der Waals surface area contributed by atoms with E-state index in [1.807, 2.05) is 19.9 Å². The van der Waals surface area contributed by atoms with E-state index in [0.717, 1.165) is 12.8 Å². The molecule has 14 heavy (non-hydrogen) atoms. The van der Waals surface area contributed by atoms with Crippen molar-refractivity contribution in [3.05, 3.63) is 24.3 Å². The van der Waals surface area contributed by atoms with Gasteiger partial charge in [0, 0.05) is 17.8 Å². The number of aliphatic imine (C=N–C) groups is 1. The lowest BCUT2D eigenvalue weighted by Crippen LogP contribution is -2.02. The Balaban J connectivity index is 4.13. The zero-order valence-corrected chi connectivity index (χ0v) is 9.29. The Morgan fingerprint density at radius 3 is 2.64 bits per heavy atom. The first kappa shape index (κ1) is 12.8. The molecule has 0 bridgehead atoms. The summed E-state index contributed by atoms with van der Waals surface area (Å²) in [5.41, 5.74) is 0.676. The molecule has 78 valence electrons. The number of Topliss-reactive ketones (excluding diaryl/α,β-unsaturated/α-hetero) is 1. The van der Waals surface area contributed by atoms with Gasteiger partial charge in [-0.2, -0.15) is 0 Å². The number of carbonyl (C=O) groups is 1. The van der Waals surface area contributed by atoms with E-state index in [-0.39, 0.29) is 11.8 Å². The van der Waals surface area contributed by atoms with E-state index in [0.29, 0.717) is 5.57 Å². The molecule has 2 heteroatoms. The van der Waals surface area contributed by atoms with Gasteiger partial charge in [0.05, 0.1) is 0 Å². The number of rotatable bonds is 6. The van der Waals surface area contributed by atoms with E-state index in [9.17, 15) is 4.79 Å². The predicted octanol–water partition coefficient (Wildman–Crippen LogP) is 2.95. The third kappa shape index (κ3) is 5.46. The van der Waals surface area contributed by atoms with Gasteiger partial charge in [-0.1, -0.05) is 12.2 Å². The number of hydrogen-bond donors (Lipinski definition) is 0. The third-order valence-corrected chi connectivity index (χ3v) is 1.97. The van der Waals surface area contributed by atoms with Crippen LogP contribution in [0.3, 0.4) is 0 Å². The zero-order chi connectivity index (χ0) is 11.0. The van der Waals surface area contributed by atoms with Crippen LogP contribution in [0.1, 0.15) is 33.6 Å². The summed E-state index contributed by atoms with van der Waals surface area (Å²) in [5.74, 6) is 0.0622. The average Bonchev–Trinajstić information content (AvgIpc) is 2.15. The first-order valence-electron chi connectivity index (χ1n) is 4.93. The summed E-state index contributed by atoms with van der Waals surface area (Å²) in [7, 11) is 0. The van der Waals surface area contributed by atoms with Crippen molar-refractivity contribution < 1.29 is 4.79 Å². The van der Waals surface area contributed by atoms with E-state index in [1.165, 1.54) is 0 Å². The molecule has 0 aromatic carbocycles. The molecule has 0 N–H and O–H groups in total. The quantitative estimate of drug-likeness (QED) is 0.362. The highest BCUT2D eigenvalue weighted by atomic mass is 16.1. The van der Waals surface area contributed by atoms with Gasteiger partial charge < -0.3 is 0 Å². The minimum atomic E-state index is 0.0622. The van der Waals surface area contributed by atoms with Gasteiger partial charge in [0.1, 0.15) is 0 Å². The van der Waals surface area contributed by atoms with Crippen molar-refractivity contribution in [1.29, 1.82) is 0 Å². The molecule has 0 spiro atoms. The Hall–Kier alpha value is -1.18. The first-order chi connectivity index (χ1) is 6.61. The molecule has 1 atom stereocenters. The maximum Gasteiger partial charge on any atom is 0.160 e. The molecular weight excluding hydrogens is 174 g/mol. The molecule has 1 unspecified atom stereocenters. The SMILES string of the molecule is C=CCCC(C)N=C/C(=C\C)C(C)=O. The van der Waals surface area contributed by atoms with Crippen molar-refractivity contribution in [2.24, 2.45) is 4.99 Å². The van der Waals surface area contributed by atoms with Gasteiger partial charge in [-0.15, -0.1) is 6.58 Å². The van der Waals surface area contributed by atoms with E-state index in [4.69, 9.17) is 0 Å². The Morgan fingerprint density at radius 2 is 2.21 bits per heavy atom. The molecular formula is C12H19NO. The zero-order valence-electron chi connectivity index (χ0n) is 9.29. The Morgan fingerprint density at radius 1 is 1.57 bits per heavy atom. The van der Waals surface area contributed by atoms with Crippen molar-refractivity contribution in [2.75, 3.05) is 0 Å². The third-order valence-electron chi connectivity index (χ3n) is 1.97. The van der Waals surface area contributed by atoms with Crippen LogP contribution < -0.4 is 0 Å². The highest BCUT2D eigenvalue weighted by molar-refractivity contribution is 6.12. The number of ketones is 1. The predicted molar refractivity (Wildman–Crippen MR) is 61.8 cm³/mol. The molecule has 0 saturated carbocycles. The highest BCUT2D eigenvalue weighted by Crippen LogP contribution is 2.02. The fraction of sp³-hybridized carbons (Fsp3) is 0.500. The lowest BCUT2D eigenvalue weighted by Gasteiger charge is -2.03. The van der Waals surface area contributed by atoms with Crippen LogP contribution in [0.15, 0.2) is 29.3 Å². The van der Waals surface area contributed by atoms with Gasteiger partial charge >= 0.3 is 0 Å². The Kier molecular flexibility index (Phi) is 6.63. The van der Waals surface area contributed by atoms with Crippen LogP contribution in [0.25, 0.3) is 0 Å². The highest BCUT2D eigenvalue weighted by Gasteiger charge is 2.00. The standard InChI is InChI=1S/C12H19NO/c1-5-7-8-10(3)13-9-12(6-2)11(4)14/h5-6,9-10H,1,7-8H2,2-4H3/b12-6+,13-9?. The van der Waals surface area contributed by atoms with Crippen LogP contribution in [-0.4, -0.2) is 18.0 Å². The van der Waals surface area contributed by atoms with Crippen LogP contribution in [0.4, 0.5) is 0 Å². The largest absolute Gasteiger partial charge is 0.294 e.